The topological polar surface area (TPSA) is 41.1 Å². The number of amides is 1. The third-order valence-corrected chi connectivity index (χ3v) is 4.56. The maximum atomic E-state index is 12.2. The van der Waals surface area contributed by atoms with Gasteiger partial charge in [-0.1, -0.05) is 27.2 Å². The zero-order valence-electron chi connectivity index (χ0n) is 11.4. The maximum Gasteiger partial charge on any atom is 0.237 e. The minimum absolute atomic E-state index is 0.0372. The molecule has 17 heavy (non-hydrogen) atoms. The van der Waals surface area contributed by atoms with Gasteiger partial charge in [0.05, 0.1) is 6.04 Å². The first-order chi connectivity index (χ1) is 7.99. The van der Waals surface area contributed by atoms with E-state index in [1.54, 1.807) is 0 Å². The number of hydrogen-bond donors (Lipinski definition) is 2. The van der Waals surface area contributed by atoms with Gasteiger partial charge in [-0.3, -0.25) is 4.79 Å². The van der Waals surface area contributed by atoms with Gasteiger partial charge in [0.2, 0.25) is 5.91 Å². The first-order valence-corrected chi connectivity index (χ1v) is 7.03. The first kappa shape index (κ1) is 12.9. The van der Waals surface area contributed by atoms with Crippen molar-refractivity contribution in [3.8, 4) is 0 Å². The Morgan fingerprint density at radius 3 is 2.71 bits per heavy atom. The Bertz CT molecular complexity index is 288. The molecule has 1 saturated carbocycles. The van der Waals surface area contributed by atoms with Crippen molar-refractivity contribution in [3.05, 3.63) is 0 Å². The number of carbonyl (C=O) groups is 1. The fourth-order valence-corrected chi connectivity index (χ4v) is 3.17. The number of piperidine rings is 1. The lowest BCUT2D eigenvalue weighted by atomic mass is 9.87. The zero-order chi connectivity index (χ0) is 12.5. The van der Waals surface area contributed by atoms with E-state index in [4.69, 9.17) is 0 Å². The van der Waals surface area contributed by atoms with E-state index in [1.807, 2.05) is 0 Å². The summed E-state index contributed by atoms with van der Waals surface area (Å²) in [6, 6.07) is 0.407. The van der Waals surface area contributed by atoms with Gasteiger partial charge in [0.15, 0.2) is 0 Å². The molecule has 2 aliphatic rings. The van der Waals surface area contributed by atoms with Crippen LogP contribution < -0.4 is 10.6 Å². The van der Waals surface area contributed by atoms with Gasteiger partial charge in [-0.25, -0.2) is 0 Å². The van der Waals surface area contributed by atoms with Crippen molar-refractivity contribution in [1.29, 1.82) is 0 Å². The van der Waals surface area contributed by atoms with Crippen LogP contribution in [0, 0.1) is 11.3 Å². The van der Waals surface area contributed by atoms with Gasteiger partial charge in [-0.05, 0) is 43.6 Å². The summed E-state index contributed by atoms with van der Waals surface area (Å²) in [6.45, 7) is 7.75. The summed E-state index contributed by atoms with van der Waals surface area (Å²) in [7, 11) is 0. The van der Waals surface area contributed by atoms with Gasteiger partial charge in [0.1, 0.15) is 0 Å². The molecule has 2 rings (SSSR count). The second kappa shape index (κ2) is 4.97. The summed E-state index contributed by atoms with van der Waals surface area (Å²) in [6.07, 6.45) is 5.79. The number of rotatable bonds is 2. The highest BCUT2D eigenvalue weighted by Gasteiger charge is 2.36. The highest BCUT2D eigenvalue weighted by Crippen LogP contribution is 2.37. The summed E-state index contributed by atoms with van der Waals surface area (Å²) in [4.78, 5) is 12.2. The minimum atomic E-state index is 0.0372. The van der Waals surface area contributed by atoms with Crippen LogP contribution in [0.2, 0.25) is 0 Å². The molecule has 0 aromatic carbocycles. The van der Waals surface area contributed by atoms with E-state index in [9.17, 15) is 4.79 Å². The van der Waals surface area contributed by atoms with Gasteiger partial charge in [0, 0.05) is 6.04 Å². The highest BCUT2D eigenvalue weighted by atomic mass is 16.2. The summed E-state index contributed by atoms with van der Waals surface area (Å²) < 4.78 is 0. The molecule has 1 heterocycles. The smallest absolute Gasteiger partial charge is 0.237 e. The Labute approximate surface area is 105 Å². The van der Waals surface area contributed by atoms with Crippen molar-refractivity contribution in [2.45, 2.75) is 65.0 Å². The van der Waals surface area contributed by atoms with Crippen LogP contribution in [-0.2, 0) is 4.79 Å². The zero-order valence-corrected chi connectivity index (χ0v) is 11.4. The first-order valence-electron chi connectivity index (χ1n) is 7.03. The van der Waals surface area contributed by atoms with Gasteiger partial charge in [-0.2, -0.15) is 0 Å². The second-order valence-electron chi connectivity index (χ2n) is 6.58. The van der Waals surface area contributed by atoms with Crippen molar-refractivity contribution in [2.24, 2.45) is 11.3 Å². The van der Waals surface area contributed by atoms with Gasteiger partial charge >= 0.3 is 0 Å². The van der Waals surface area contributed by atoms with Gasteiger partial charge in [0.25, 0.3) is 0 Å². The van der Waals surface area contributed by atoms with Crippen LogP contribution in [-0.4, -0.2) is 24.5 Å². The Morgan fingerprint density at radius 2 is 2.12 bits per heavy atom. The fourth-order valence-electron chi connectivity index (χ4n) is 3.17. The third kappa shape index (κ3) is 3.01. The Hall–Kier alpha value is -0.570. The van der Waals surface area contributed by atoms with E-state index >= 15 is 0 Å². The lowest BCUT2D eigenvalue weighted by Crippen LogP contribution is -2.52. The third-order valence-electron chi connectivity index (χ3n) is 4.56. The predicted octanol–water partition coefficient (Wildman–Crippen LogP) is 2.07. The molecule has 1 aliphatic carbocycles. The Morgan fingerprint density at radius 1 is 1.35 bits per heavy atom. The van der Waals surface area contributed by atoms with E-state index in [0.29, 0.717) is 12.0 Å². The monoisotopic (exact) mass is 238 g/mol. The average molecular weight is 238 g/mol. The molecule has 0 aromatic heterocycles. The maximum absolute atomic E-state index is 12.2. The molecular weight excluding hydrogens is 212 g/mol. The SMILES string of the molecule is CC1CCNC(C(=O)NC2CCCC2(C)C)C1. The highest BCUT2D eigenvalue weighted by molar-refractivity contribution is 5.82. The van der Waals surface area contributed by atoms with Gasteiger partial charge in [-0.15, -0.1) is 0 Å². The van der Waals surface area contributed by atoms with Crippen LogP contribution in [0.4, 0.5) is 0 Å². The number of hydrogen-bond acceptors (Lipinski definition) is 2. The normalized spacial score (nSPS) is 36.8. The van der Waals surface area contributed by atoms with Gasteiger partial charge < -0.3 is 10.6 Å². The molecule has 3 unspecified atom stereocenters. The molecule has 98 valence electrons. The summed E-state index contributed by atoms with van der Waals surface area (Å²) >= 11 is 0. The Kier molecular flexibility index (Phi) is 3.76. The van der Waals surface area contributed by atoms with E-state index in [-0.39, 0.29) is 17.4 Å². The molecular formula is C14H26N2O. The molecule has 0 spiro atoms. The summed E-state index contributed by atoms with van der Waals surface area (Å²) in [5.74, 6) is 0.889. The number of nitrogens with one attached hydrogen (secondary N) is 2. The van der Waals surface area contributed by atoms with Crippen LogP contribution in [0.1, 0.15) is 52.9 Å². The molecule has 1 saturated heterocycles. The van der Waals surface area contributed by atoms with Crippen molar-refractivity contribution in [2.75, 3.05) is 6.54 Å². The Balaban J connectivity index is 1.88. The molecule has 2 fully saturated rings. The van der Waals surface area contributed by atoms with Crippen LogP contribution in [0.15, 0.2) is 0 Å². The van der Waals surface area contributed by atoms with E-state index in [1.165, 1.54) is 19.3 Å². The minimum Gasteiger partial charge on any atom is -0.351 e. The van der Waals surface area contributed by atoms with Crippen molar-refractivity contribution in [1.82, 2.24) is 10.6 Å². The van der Waals surface area contributed by atoms with Crippen molar-refractivity contribution >= 4 is 5.91 Å². The molecule has 1 amide bonds. The van der Waals surface area contributed by atoms with E-state index < -0.39 is 0 Å². The summed E-state index contributed by atoms with van der Waals surface area (Å²) in [5.41, 5.74) is 0.274. The summed E-state index contributed by atoms with van der Waals surface area (Å²) in [5, 5.41) is 6.60. The average Bonchev–Trinajstić information content (AvgIpc) is 2.58. The quantitative estimate of drug-likeness (QED) is 0.773. The molecule has 1 aliphatic heterocycles. The molecule has 3 nitrogen and oxygen atoms in total. The lowest BCUT2D eigenvalue weighted by molar-refractivity contribution is -0.125. The van der Waals surface area contributed by atoms with Crippen LogP contribution in [0.3, 0.4) is 0 Å². The molecule has 3 heteroatoms. The van der Waals surface area contributed by atoms with Crippen LogP contribution >= 0.6 is 0 Å². The number of carbonyl (C=O) groups excluding carboxylic acids is 1. The van der Waals surface area contributed by atoms with Crippen molar-refractivity contribution in [3.63, 3.8) is 0 Å². The molecule has 0 bridgehead atoms. The van der Waals surface area contributed by atoms with Crippen molar-refractivity contribution < 1.29 is 4.79 Å². The van der Waals surface area contributed by atoms with Crippen LogP contribution in [0.5, 0.6) is 0 Å². The molecule has 0 aromatic rings. The lowest BCUT2D eigenvalue weighted by Gasteiger charge is -2.32. The second-order valence-corrected chi connectivity index (χ2v) is 6.58. The largest absolute Gasteiger partial charge is 0.351 e. The van der Waals surface area contributed by atoms with E-state index in [0.717, 1.165) is 19.4 Å². The fraction of sp³-hybridized carbons (Fsp3) is 0.929. The molecule has 2 N–H and O–H groups in total. The van der Waals surface area contributed by atoms with Crippen LogP contribution in [0.25, 0.3) is 0 Å². The molecule has 3 atom stereocenters. The molecule has 0 radical (unpaired) electrons. The van der Waals surface area contributed by atoms with E-state index in [2.05, 4.69) is 31.4 Å². The standard InChI is InChI=1S/C14H26N2O/c1-10-6-8-15-11(9-10)13(17)16-12-5-4-7-14(12,2)3/h10-12,15H,4-9H2,1-3H3,(H,16,17). The predicted molar refractivity (Wildman–Crippen MR) is 69.8 cm³/mol.